The van der Waals surface area contributed by atoms with Crippen LogP contribution >= 0.6 is 0 Å². The summed E-state index contributed by atoms with van der Waals surface area (Å²) in [6, 6.07) is 20.3. The number of aryl methyl sites for hydroxylation is 1. The number of pyridine rings is 3. The number of anilines is 5. The van der Waals surface area contributed by atoms with Crippen LogP contribution in [-0.4, -0.2) is 22.0 Å². The van der Waals surface area contributed by atoms with Crippen LogP contribution in [0.2, 0.25) is 0 Å². The van der Waals surface area contributed by atoms with Gasteiger partial charge in [0.05, 0.1) is 5.69 Å². The Morgan fingerprint density at radius 3 is 2.44 bits per heavy atom. The fourth-order valence-corrected chi connectivity index (χ4v) is 3.92. The summed E-state index contributed by atoms with van der Waals surface area (Å²) in [5, 5.41) is 11.8. The highest BCUT2D eigenvalue weighted by molar-refractivity contribution is 6.03. The average molecular weight is 451 g/mol. The fraction of sp³-hybridized carbons (Fsp3) is 0.0741. The topological polar surface area (TPSA) is 74.8 Å². The first-order valence-corrected chi connectivity index (χ1v) is 10.9. The molecule has 0 aliphatic rings. The van der Waals surface area contributed by atoms with Crippen LogP contribution in [0.3, 0.4) is 0 Å². The summed E-state index contributed by atoms with van der Waals surface area (Å²) in [4.78, 5) is 13.4. The van der Waals surface area contributed by atoms with Gasteiger partial charge in [0.2, 0.25) is 0 Å². The van der Waals surface area contributed by atoms with Crippen molar-refractivity contribution in [2.45, 2.75) is 6.92 Å². The second kappa shape index (κ2) is 9.15. The molecule has 6 nitrogen and oxygen atoms in total. The molecule has 34 heavy (non-hydrogen) atoms. The van der Waals surface area contributed by atoms with E-state index < -0.39 is 0 Å². The molecule has 2 aromatic carbocycles. The Hall–Kier alpha value is -4.52. The van der Waals surface area contributed by atoms with E-state index in [2.05, 4.69) is 37.8 Å². The van der Waals surface area contributed by atoms with Crippen LogP contribution in [0.4, 0.5) is 33.2 Å². The summed E-state index contributed by atoms with van der Waals surface area (Å²) < 4.78 is 13.7. The maximum Gasteiger partial charge on any atom is 0.138 e. The van der Waals surface area contributed by atoms with Crippen molar-refractivity contribution in [2.75, 3.05) is 23.0 Å². The lowest BCUT2D eigenvalue weighted by Crippen LogP contribution is -2.01. The van der Waals surface area contributed by atoms with Gasteiger partial charge in [0.25, 0.3) is 0 Å². The Balaban J connectivity index is 1.57. The number of nitrogens with one attached hydrogen (secondary N) is 3. The molecule has 0 amide bonds. The molecule has 0 bridgehead atoms. The van der Waals surface area contributed by atoms with Gasteiger partial charge >= 0.3 is 0 Å². The van der Waals surface area contributed by atoms with Gasteiger partial charge < -0.3 is 16.0 Å². The Kier molecular flexibility index (Phi) is 5.74. The first-order chi connectivity index (χ1) is 16.6. The molecule has 5 aromatic rings. The molecule has 0 saturated heterocycles. The van der Waals surface area contributed by atoms with Crippen LogP contribution in [-0.2, 0) is 0 Å². The number of benzene rings is 2. The van der Waals surface area contributed by atoms with Crippen molar-refractivity contribution in [3.8, 4) is 11.1 Å². The van der Waals surface area contributed by atoms with Crippen molar-refractivity contribution in [3.63, 3.8) is 0 Å². The molecule has 0 spiro atoms. The van der Waals surface area contributed by atoms with Crippen molar-refractivity contribution < 1.29 is 4.39 Å². The minimum absolute atomic E-state index is 0.302. The van der Waals surface area contributed by atoms with Crippen LogP contribution in [0.25, 0.3) is 21.9 Å². The average Bonchev–Trinajstić information content (AvgIpc) is 2.86. The van der Waals surface area contributed by atoms with Gasteiger partial charge in [0.1, 0.15) is 23.3 Å². The molecule has 0 radical (unpaired) electrons. The van der Waals surface area contributed by atoms with E-state index >= 15 is 0 Å². The van der Waals surface area contributed by atoms with Gasteiger partial charge in [-0.05, 0) is 66.6 Å². The van der Waals surface area contributed by atoms with E-state index in [4.69, 9.17) is 0 Å². The Bertz CT molecular complexity index is 1480. The Labute approximate surface area is 196 Å². The lowest BCUT2D eigenvalue weighted by molar-refractivity contribution is 0.628. The zero-order valence-corrected chi connectivity index (χ0v) is 18.8. The monoisotopic (exact) mass is 450 g/mol. The normalized spacial score (nSPS) is 10.8. The second-order valence-corrected chi connectivity index (χ2v) is 7.85. The van der Waals surface area contributed by atoms with Crippen molar-refractivity contribution in [1.82, 2.24) is 15.0 Å². The maximum atomic E-state index is 13.7. The molecule has 5 rings (SSSR count). The fourth-order valence-electron chi connectivity index (χ4n) is 3.92. The summed E-state index contributed by atoms with van der Waals surface area (Å²) >= 11 is 0. The van der Waals surface area contributed by atoms with E-state index in [1.807, 2.05) is 55.6 Å². The van der Waals surface area contributed by atoms with Crippen molar-refractivity contribution in [1.29, 1.82) is 0 Å². The van der Waals surface area contributed by atoms with E-state index in [0.29, 0.717) is 11.5 Å². The van der Waals surface area contributed by atoms with E-state index in [1.165, 1.54) is 12.1 Å². The van der Waals surface area contributed by atoms with E-state index in [0.717, 1.165) is 44.8 Å². The third kappa shape index (κ3) is 4.23. The summed E-state index contributed by atoms with van der Waals surface area (Å²) in [5.41, 5.74) is 4.61. The quantitative estimate of drug-likeness (QED) is 0.268. The maximum absolute atomic E-state index is 13.7. The molecule has 7 heteroatoms. The molecule has 3 aromatic heterocycles. The summed E-state index contributed by atoms with van der Waals surface area (Å²) in [6.07, 6.45) is 5.29. The van der Waals surface area contributed by atoms with Crippen LogP contribution in [0.1, 0.15) is 5.56 Å². The van der Waals surface area contributed by atoms with Gasteiger partial charge in [-0.2, -0.15) is 0 Å². The number of nitrogens with zero attached hydrogens (tertiary/aromatic N) is 3. The first-order valence-electron chi connectivity index (χ1n) is 10.9. The third-order valence-electron chi connectivity index (χ3n) is 5.62. The van der Waals surface area contributed by atoms with Gasteiger partial charge in [-0.3, -0.25) is 0 Å². The molecular formula is C27H23FN6. The van der Waals surface area contributed by atoms with Crippen molar-refractivity contribution in [2.24, 2.45) is 0 Å². The largest absolute Gasteiger partial charge is 0.373 e. The van der Waals surface area contributed by atoms with E-state index in [-0.39, 0.29) is 5.82 Å². The smallest absolute Gasteiger partial charge is 0.138 e. The second-order valence-electron chi connectivity index (χ2n) is 7.85. The predicted molar refractivity (Wildman–Crippen MR) is 136 cm³/mol. The summed E-state index contributed by atoms with van der Waals surface area (Å²) in [6.45, 7) is 2.05. The molecule has 3 heterocycles. The highest BCUT2D eigenvalue weighted by Crippen LogP contribution is 2.36. The van der Waals surface area contributed by atoms with E-state index in [9.17, 15) is 4.39 Å². The van der Waals surface area contributed by atoms with Crippen LogP contribution in [0, 0.1) is 12.7 Å². The summed E-state index contributed by atoms with van der Waals surface area (Å²) in [5.74, 6) is 1.87. The Morgan fingerprint density at radius 1 is 0.735 bits per heavy atom. The number of aromatic nitrogens is 3. The van der Waals surface area contributed by atoms with Crippen molar-refractivity contribution in [3.05, 3.63) is 96.7 Å². The van der Waals surface area contributed by atoms with Gasteiger partial charge in [0.15, 0.2) is 0 Å². The standard InChI is InChI=1S/C27H23FN6/c1-17-8-9-23-22(11-14-32-27(23)33-20-6-3-5-19(28)16-20)25(17)34-26-21(7-4-12-31-26)18-10-13-30-24(15-18)29-2/h3-16H,1-2H3,(H,29,30)(H,31,34)(H,32,33). The lowest BCUT2D eigenvalue weighted by atomic mass is 10.0. The Morgan fingerprint density at radius 2 is 1.59 bits per heavy atom. The number of hydrogen-bond donors (Lipinski definition) is 3. The van der Waals surface area contributed by atoms with Gasteiger partial charge in [0, 0.05) is 47.7 Å². The van der Waals surface area contributed by atoms with Gasteiger partial charge in [-0.15, -0.1) is 0 Å². The molecule has 0 aliphatic carbocycles. The highest BCUT2D eigenvalue weighted by atomic mass is 19.1. The van der Waals surface area contributed by atoms with Gasteiger partial charge in [-0.25, -0.2) is 19.3 Å². The summed E-state index contributed by atoms with van der Waals surface area (Å²) in [7, 11) is 1.84. The number of fused-ring (bicyclic) bond motifs is 1. The van der Waals surface area contributed by atoms with Crippen LogP contribution in [0.15, 0.2) is 85.3 Å². The van der Waals surface area contributed by atoms with E-state index in [1.54, 1.807) is 24.7 Å². The first kappa shape index (κ1) is 21.3. The predicted octanol–water partition coefficient (Wildman–Crippen LogP) is 6.67. The molecule has 0 fully saturated rings. The molecule has 168 valence electrons. The number of rotatable bonds is 6. The zero-order valence-electron chi connectivity index (χ0n) is 18.8. The SMILES string of the molecule is CNc1cc(-c2cccnc2Nc2c(C)ccc3c(Nc4cccc(F)c4)nccc23)ccn1. The molecule has 0 saturated carbocycles. The minimum Gasteiger partial charge on any atom is -0.373 e. The van der Waals surface area contributed by atoms with Crippen LogP contribution in [0.5, 0.6) is 0 Å². The van der Waals surface area contributed by atoms with Gasteiger partial charge in [-0.1, -0.05) is 18.2 Å². The molecule has 0 atom stereocenters. The molecular weight excluding hydrogens is 427 g/mol. The zero-order chi connectivity index (χ0) is 23.5. The van der Waals surface area contributed by atoms with Crippen LogP contribution < -0.4 is 16.0 Å². The third-order valence-corrected chi connectivity index (χ3v) is 5.62. The number of hydrogen-bond acceptors (Lipinski definition) is 6. The number of halogens is 1. The molecule has 0 aliphatic heterocycles. The molecule has 0 unspecified atom stereocenters. The lowest BCUT2D eigenvalue weighted by Gasteiger charge is -2.17. The molecule has 3 N–H and O–H groups in total. The highest BCUT2D eigenvalue weighted by Gasteiger charge is 2.13. The van der Waals surface area contributed by atoms with Crippen molar-refractivity contribution >= 4 is 39.6 Å². The minimum atomic E-state index is -0.302.